The molecular formula is C11H16N2O2. The van der Waals surface area contributed by atoms with E-state index in [-0.39, 0.29) is 5.78 Å². The maximum atomic E-state index is 11.7. The average Bonchev–Trinajstić information content (AvgIpc) is 2.74. The fourth-order valence-corrected chi connectivity index (χ4v) is 1.72. The van der Waals surface area contributed by atoms with E-state index in [1.54, 1.807) is 6.07 Å². The molecule has 1 aromatic rings. The molecule has 1 fully saturated rings. The van der Waals surface area contributed by atoms with Crippen LogP contribution in [-0.4, -0.2) is 55.4 Å². The monoisotopic (exact) mass is 208 g/mol. The van der Waals surface area contributed by atoms with Gasteiger partial charge < -0.3 is 9.32 Å². The third kappa shape index (κ3) is 2.67. The number of piperazine rings is 1. The van der Waals surface area contributed by atoms with E-state index in [0.29, 0.717) is 12.1 Å². The quantitative estimate of drug-likeness (QED) is 0.685. The Bertz CT molecular complexity index is 313. The largest absolute Gasteiger partial charge is 0.472 e. The minimum atomic E-state index is 0.147. The molecule has 0 aliphatic carbocycles. The van der Waals surface area contributed by atoms with E-state index in [1.165, 1.54) is 12.5 Å². The number of carbonyl (C=O) groups is 1. The number of nitrogens with zero attached hydrogens (tertiary/aromatic N) is 2. The van der Waals surface area contributed by atoms with Crippen LogP contribution in [0.25, 0.3) is 0 Å². The standard InChI is InChI=1S/C11H16N2O2/c1-12-3-5-13(6-4-12)8-11(14)10-2-7-15-9-10/h2,7,9H,3-6,8H2,1H3. The van der Waals surface area contributed by atoms with Gasteiger partial charge in [0.05, 0.1) is 18.4 Å². The van der Waals surface area contributed by atoms with Crippen molar-refractivity contribution in [2.45, 2.75) is 0 Å². The Morgan fingerprint density at radius 1 is 1.40 bits per heavy atom. The molecule has 4 nitrogen and oxygen atoms in total. The summed E-state index contributed by atoms with van der Waals surface area (Å²) in [5.41, 5.74) is 0.675. The van der Waals surface area contributed by atoms with Crippen molar-refractivity contribution in [2.24, 2.45) is 0 Å². The molecule has 15 heavy (non-hydrogen) atoms. The highest BCUT2D eigenvalue weighted by atomic mass is 16.3. The molecular weight excluding hydrogens is 192 g/mol. The number of furan rings is 1. The van der Waals surface area contributed by atoms with Crippen molar-refractivity contribution in [2.75, 3.05) is 39.8 Å². The molecule has 0 N–H and O–H groups in total. The van der Waals surface area contributed by atoms with Crippen LogP contribution < -0.4 is 0 Å². The zero-order valence-corrected chi connectivity index (χ0v) is 8.98. The molecule has 2 heterocycles. The van der Waals surface area contributed by atoms with E-state index < -0.39 is 0 Å². The summed E-state index contributed by atoms with van der Waals surface area (Å²) in [5, 5.41) is 0. The zero-order chi connectivity index (χ0) is 10.7. The van der Waals surface area contributed by atoms with Crippen LogP contribution in [-0.2, 0) is 0 Å². The van der Waals surface area contributed by atoms with Gasteiger partial charge in [-0.2, -0.15) is 0 Å². The van der Waals surface area contributed by atoms with Crippen LogP contribution in [0.4, 0.5) is 0 Å². The first kappa shape index (κ1) is 10.4. The Morgan fingerprint density at radius 2 is 2.13 bits per heavy atom. The number of carbonyl (C=O) groups excluding carboxylic acids is 1. The van der Waals surface area contributed by atoms with Crippen LogP contribution >= 0.6 is 0 Å². The van der Waals surface area contributed by atoms with Gasteiger partial charge in [0.1, 0.15) is 6.26 Å². The minimum absolute atomic E-state index is 0.147. The molecule has 0 saturated carbocycles. The van der Waals surface area contributed by atoms with Crippen LogP contribution in [0.2, 0.25) is 0 Å². The van der Waals surface area contributed by atoms with Gasteiger partial charge in [0, 0.05) is 26.2 Å². The van der Waals surface area contributed by atoms with Crippen molar-refractivity contribution in [1.29, 1.82) is 0 Å². The maximum absolute atomic E-state index is 11.7. The number of hydrogen-bond donors (Lipinski definition) is 0. The summed E-state index contributed by atoms with van der Waals surface area (Å²) in [4.78, 5) is 16.2. The van der Waals surface area contributed by atoms with Crippen molar-refractivity contribution in [3.05, 3.63) is 24.2 Å². The Balaban J connectivity index is 1.85. The van der Waals surface area contributed by atoms with Crippen molar-refractivity contribution in [3.63, 3.8) is 0 Å². The van der Waals surface area contributed by atoms with E-state index in [0.717, 1.165) is 26.2 Å². The molecule has 4 heteroatoms. The van der Waals surface area contributed by atoms with Gasteiger partial charge in [-0.1, -0.05) is 0 Å². The molecule has 0 bridgehead atoms. The van der Waals surface area contributed by atoms with Gasteiger partial charge in [0.15, 0.2) is 5.78 Å². The van der Waals surface area contributed by atoms with Crippen LogP contribution in [0.5, 0.6) is 0 Å². The van der Waals surface area contributed by atoms with Crippen molar-refractivity contribution >= 4 is 5.78 Å². The van der Waals surface area contributed by atoms with Crippen molar-refractivity contribution < 1.29 is 9.21 Å². The first-order valence-electron chi connectivity index (χ1n) is 5.22. The molecule has 1 aliphatic heterocycles. The number of likely N-dealkylation sites (N-methyl/N-ethyl adjacent to an activating group) is 1. The normalized spacial score (nSPS) is 19.3. The second kappa shape index (κ2) is 4.59. The van der Waals surface area contributed by atoms with Gasteiger partial charge in [-0.15, -0.1) is 0 Å². The van der Waals surface area contributed by atoms with Gasteiger partial charge in [-0.25, -0.2) is 0 Å². The molecule has 0 amide bonds. The topological polar surface area (TPSA) is 36.7 Å². The predicted molar refractivity (Wildman–Crippen MR) is 57.0 cm³/mol. The fourth-order valence-electron chi connectivity index (χ4n) is 1.72. The summed E-state index contributed by atoms with van der Waals surface area (Å²) >= 11 is 0. The van der Waals surface area contributed by atoms with Crippen molar-refractivity contribution in [1.82, 2.24) is 9.80 Å². The lowest BCUT2D eigenvalue weighted by molar-refractivity contribution is 0.0876. The molecule has 1 aromatic heterocycles. The molecule has 2 rings (SSSR count). The lowest BCUT2D eigenvalue weighted by atomic mass is 10.2. The lowest BCUT2D eigenvalue weighted by Gasteiger charge is -2.31. The summed E-state index contributed by atoms with van der Waals surface area (Å²) in [6.07, 6.45) is 3.05. The van der Waals surface area contributed by atoms with Gasteiger partial charge in [0.2, 0.25) is 0 Å². The maximum Gasteiger partial charge on any atom is 0.180 e. The van der Waals surface area contributed by atoms with Gasteiger partial charge >= 0.3 is 0 Å². The highest BCUT2D eigenvalue weighted by molar-refractivity contribution is 5.97. The minimum Gasteiger partial charge on any atom is -0.472 e. The average molecular weight is 208 g/mol. The SMILES string of the molecule is CN1CCN(CC(=O)c2ccoc2)CC1. The highest BCUT2D eigenvalue weighted by Crippen LogP contribution is 2.05. The molecule has 0 spiro atoms. The zero-order valence-electron chi connectivity index (χ0n) is 8.98. The second-order valence-electron chi connectivity index (χ2n) is 4.01. The third-order valence-electron chi connectivity index (χ3n) is 2.81. The third-order valence-corrected chi connectivity index (χ3v) is 2.81. The highest BCUT2D eigenvalue weighted by Gasteiger charge is 2.17. The molecule has 0 unspecified atom stereocenters. The molecule has 0 radical (unpaired) electrons. The first-order chi connectivity index (χ1) is 7.25. The summed E-state index contributed by atoms with van der Waals surface area (Å²) in [6, 6.07) is 1.72. The van der Waals surface area contributed by atoms with E-state index in [2.05, 4.69) is 16.8 Å². The van der Waals surface area contributed by atoms with Crippen molar-refractivity contribution in [3.8, 4) is 0 Å². The van der Waals surface area contributed by atoms with E-state index >= 15 is 0 Å². The molecule has 0 atom stereocenters. The van der Waals surface area contributed by atoms with Crippen LogP contribution in [0.1, 0.15) is 10.4 Å². The number of rotatable bonds is 3. The number of ketones is 1. The summed E-state index contributed by atoms with van der Waals surface area (Å²) in [6.45, 7) is 4.53. The van der Waals surface area contributed by atoms with Crippen LogP contribution in [0.15, 0.2) is 23.0 Å². The van der Waals surface area contributed by atoms with Gasteiger partial charge in [0.25, 0.3) is 0 Å². The van der Waals surface area contributed by atoms with E-state index in [4.69, 9.17) is 4.42 Å². The van der Waals surface area contributed by atoms with E-state index in [9.17, 15) is 4.79 Å². The van der Waals surface area contributed by atoms with Crippen LogP contribution in [0.3, 0.4) is 0 Å². The summed E-state index contributed by atoms with van der Waals surface area (Å²) < 4.78 is 4.89. The molecule has 0 aromatic carbocycles. The number of hydrogen-bond acceptors (Lipinski definition) is 4. The second-order valence-corrected chi connectivity index (χ2v) is 4.01. The predicted octanol–water partition coefficient (Wildman–Crippen LogP) is 0.710. The molecule has 1 saturated heterocycles. The lowest BCUT2D eigenvalue weighted by Crippen LogP contribution is -2.46. The Kier molecular flexibility index (Phi) is 3.18. The van der Waals surface area contributed by atoms with Gasteiger partial charge in [-0.05, 0) is 13.1 Å². The van der Waals surface area contributed by atoms with Crippen LogP contribution in [0, 0.1) is 0 Å². The molecule has 1 aliphatic rings. The molecule has 82 valence electrons. The Hall–Kier alpha value is -1.13. The Morgan fingerprint density at radius 3 is 2.73 bits per heavy atom. The summed E-state index contributed by atoms with van der Waals surface area (Å²) in [7, 11) is 2.11. The summed E-state index contributed by atoms with van der Waals surface area (Å²) in [5.74, 6) is 0.147. The number of Topliss-reactive ketones (excluding diaryl/α,β-unsaturated/α-hetero) is 1. The fraction of sp³-hybridized carbons (Fsp3) is 0.545. The van der Waals surface area contributed by atoms with Gasteiger partial charge in [-0.3, -0.25) is 9.69 Å². The first-order valence-corrected chi connectivity index (χ1v) is 5.22. The Labute approximate surface area is 89.5 Å². The smallest absolute Gasteiger partial charge is 0.180 e. The van der Waals surface area contributed by atoms with E-state index in [1.807, 2.05) is 0 Å².